The minimum absolute atomic E-state index is 0.0219. The van der Waals surface area contributed by atoms with Crippen molar-refractivity contribution in [2.45, 2.75) is 57.0 Å². The molecule has 2 fully saturated rings. The summed E-state index contributed by atoms with van der Waals surface area (Å²) >= 11 is 6.18. The summed E-state index contributed by atoms with van der Waals surface area (Å²) in [6.07, 6.45) is 7.29. The van der Waals surface area contributed by atoms with Crippen LogP contribution < -0.4 is 4.74 Å². The van der Waals surface area contributed by atoms with E-state index >= 15 is 0 Å². The minimum Gasteiger partial charge on any atom is -0.483 e. The average Bonchev–Trinajstić information content (AvgIpc) is 2.61. The molecule has 24 heavy (non-hydrogen) atoms. The highest BCUT2D eigenvalue weighted by Gasteiger charge is 2.24. The molecule has 132 valence electrons. The number of carbonyl (C=O) groups excluding carboxylic acids is 1. The SMILES string of the molecule is O=C(COc1ccc(Cl)cc1C1CCCCC1)N1CCCC(O)C1. The number of β-amino-alcohol motifs (C(OH)–C–C–N with tert-alkyl or cyclic N) is 1. The van der Waals surface area contributed by atoms with Crippen molar-refractivity contribution in [3.05, 3.63) is 28.8 Å². The first-order valence-electron chi connectivity index (χ1n) is 9.01. The lowest BCUT2D eigenvalue weighted by atomic mass is 9.84. The molecule has 1 saturated heterocycles. The molecule has 1 heterocycles. The van der Waals surface area contributed by atoms with Gasteiger partial charge in [0.2, 0.25) is 0 Å². The molecule has 1 aliphatic heterocycles. The number of hydrogen-bond acceptors (Lipinski definition) is 3. The fourth-order valence-electron chi connectivity index (χ4n) is 3.80. The predicted octanol–water partition coefficient (Wildman–Crippen LogP) is 3.75. The minimum atomic E-state index is -0.406. The Morgan fingerprint density at radius 3 is 2.75 bits per heavy atom. The van der Waals surface area contributed by atoms with E-state index in [1.165, 1.54) is 19.3 Å². The van der Waals surface area contributed by atoms with E-state index in [4.69, 9.17) is 16.3 Å². The maximum atomic E-state index is 12.3. The third-order valence-corrected chi connectivity index (χ3v) is 5.35. The highest BCUT2D eigenvalue weighted by Crippen LogP contribution is 2.38. The van der Waals surface area contributed by atoms with E-state index in [0.29, 0.717) is 24.0 Å². The van der Waals surface area contributed by atoms with E-state index in [-0.39, 0.29) is 12.5 Å². The van der Waals surface area contributed by atoms with Crippen LogP contribution in [0.2, 0.25) is 5.02 Å². The lowest BCUT2D eigenvalue weighted by Gasteiger charge is -2.30. The van der Waals surface area contributed by atoms with Crippen LogP contribution in [0.4, 0.5) is 0 Å². The van der Waals surface area contributed by atoms with Crippen molar-refractivity contribution in [1.29, 1.82) is 0 Å². The van der Waals surface area contributed by atoms with Crippen molar-refractivity contribution >= 4 is 17.5 Å². The van der Waals surface area contributed by atoms with E-state index in [0.717, 1.165) is 37.0 Å². The van der Waals surface area contributed by atoms with Gasteiger partial charge in [-0.2, -0.15) is 0 Å². The van der Waals surface area contributed by atoms with Crippen molar-refractivity contribution in [3.8, 4) is 5.75 Å². The Morgan fingerprint density at radius 1 is 1.21 bits per heavy atom. The molecule has 5 heteroatoms. The fourth-order valence-corrected chi connectivity index (χ4v) is 3.98. The number of ether oxygens (including phenoxy) is 1. The number of likely N-dealkylation sites (tertiary alicyclic amines) is 1. The van der Waals surface area contributed by atoms with Crippen LogP contribution in [-0.2, 0) is 4.79 Å². The summed E-state index contributed by atoms with van der Waals surface area (Å²) in [7, 11) is 0. The maximum Gasteiger partial charge on any atom is 0.260 e. The summed E-state index contributed by atoms with van der Waals surface area (Å²) in [5.74, 6) is 1.19. The first-order valence-corrected chi connectivity index (χ1v) is 9.39. The summed E-state index contributed by atoms with van der Waals surface area (Å²) in [4.78, 5) is 14.0. The number of aliphatic hydroxyl groups is 1. The molecular formula is C19H26ClNO3. The Labute approximate surface area is 148 Å². The number of carbonyl (C=O) groups is 1. The molecule has 1 aliphatic carbocycles. The zero-order valence-electron chi connectivity index (χ0n) is 14.0. The maximum absolute atomic E-state index is 12.3. The monoisotopic (exact) mass is 351 g/mol. The standard InChI is InChI=1S/C19H26ClNO3/c20-15-8-9-18(17(11-15)14-5-2-1-3-6-14)24-13-19(23)21-10-4-7-16(22)12-21/h8-9,11,14,16,22H,1-7,10,12-13H2. The number of rotatable bonds is 4. The van der Waals surface area contributed by atoms with Crippen LogP contribution in [0.1, 0.15) is 56.4 Å². The molecule has 3 rings (SSSR count). The molecule has 0 spiro atoms. The topological polar surface area (TPSA) is 49.8 Å². The second-order valence-electron chi connectivity index (χ2n) is 6.94. The van der Waals surface area contributed by atoms with Gasteiger partial charge in [0.15, 0.2) is 6.61 Å². The summed E-state index contributed by atoms with van der Waals surface area (Å²) in [5.41, 5.74) is 1.13. The van der Waals surface area contributed by atoms with Crippen molar-refractivity contribution < 1.29 is 14.6 Å². The van der Waals surface area contributed by atoms with Crippen LogP contribution >= 0.6 is 11.6 Å². The quantitative estimate of drug-likeness (QED) is 0.898. The Morgan fingerprint density at radius 2 is 2.00 bits per heavy atom. The molecule has 1 unspecified atom stereocenters. The Balaban J connectivity index is 1.65. The molecule has 1 atom stereocenters. The van der Waals surface area contributed by atoms with Crippen LogP contribution in [0.3, 0.4) is 0 Å². The smallest absolute Gasteiger partial charge is 0.260 e. The van der Waals surface area contributed by atoms with Crippen LogP contribution in [0, 0.1) is 0 Å². The van der Waals surface area contributed by atoms with Crippen molar-refractivity contribution in [1.82, 2.24) is 4.90 Å². The molecular weight excluding hydrogens is 326 g/mol. The predicted molar refractivity (Wildman–Crippen MR) is 94.6 cm³/mol. The van der Waals surface area contributed by atoms with Crippen molar-refractivity contribution in [2.24, 2.45) is 0 Å². The van der Waals surface area contributed by atoms with Gasteiger partial charge in [0.25, 0.3) is 5.91 Å². The van der Waals surface area contributed by atoms with E-state index < -0.39 is 6.10 Å². The molecule has 1 aromatic carbocycles. The van der Waals surface area contributed by atoms with E-state index in [2.05, 4.69) is 0 Å². The Kier molecular flexibility index (Phi) is 6.01. The van der Waals surface area contributed by atoms with Gasteiger partial charge in [0.1, 0.15) is 5.75 Å². The number of piperidine rings is 1. The third-order valence-electron chi connectivity index (χ3n) is 5.12. The van der Waals surface area contributed by atoms with Gasteiger partial charge in [-0.3, -0.25) is 4.79 Å². The second-order valence-corrected chi connectivity index (χ2v) is 7.38. The fraction of sp³-hybridized carbons (Fsp3) is 0.632. The molecule has 1 amide bonds. The zero-order chi connectivity index (χ0) is 16.9. The number of amides is 1. The van der Waals surface area contributed by atoms with Gasteiger partial charge in [-0.15, -0.1) is 0 Å². The van der Waals surface area contributed by atoms with Gasteiger partial charge in [0, 0.05) is 18.1 Å². The normalized spacial score (nSPS) is 22.4. The van der Waals surface area contributed by atoms with Gasteiger partial charge < -0.3 is 14.7 Å². The number of benzene rings is 1. The third kappa shape index (κ3) is 4.42. The largest absolute Gasteiger partial charge is 0.483 e. The summed E-state index contributed by atoms with van der Waals surface area (Å²) in [6, 6.07) is 5.69. The number of hydrogen-bond donors (Lipinski definition) is 1. The van der Waals surface area contributed by atoms with E-state index in [1.54, 1.807) is 4.90 Å². The first kappa shape index (κ1) is 17.6. The van der Waals surface area contributed by atoms with E-state index in [9.17, 15) is 9.90 Å². The molecule has 1 aromatic rings. The second kappa shape index (κ2) is 8.21. The molecule has 1 N–H and O–H groups in total. The number of halogens is 1. The Bertz CT molecular complexity index is 572. The molecule has 0 bridgehead atoms. The molecule has 0 aromatic heterocycles. The average molecular weight is 352 g/mol. The van der Waals surface area contributed by atoms with Crippen LogP contribution in [0.5, 0.6) is 5.75 Å². The van der Waals surface area contributed by atoms with Gasteiger partial charge in [-0.25, -0.2) is 0 Å². The number of nitrogens with zero attached hydrogens (tertiary/aromatic N) is 1. The molecule has 2 aliphatic rings. The van der Waals surface area contributed by atoms with E-state index in [1.807, 2.05) is 18.2 Å². The van der Waals surface area contributed by atoms with Crippen molar-refractivity contribution in [3.63, 3.8) is 0 Å². The molecule has 4 nitrogen and oxygen atoms in total. The van der Waals surface area contributed by atoms with Crippen LogP contribution in [-0.4, -0.2) is 41.7 Å². The number of aliphatic hydroxyl groups excluding tert-OH is 1. The highest BCUT2D eigenvalue weighted by atomic mass is 35.5. The summed E-state index contributed by atoms with van der Waals surface area (Å²) in [5, 5.41) is 10.4. The Hall–Kier alpha value is -1.26. The molecule has 0 radical (unpaired) electrons. The zero-order valence-corrected chi connectivity index (χ0v) is 14.8. The van der Waals surface area contributed by atoms with Gasteiger partial charge in [0.05, 0.1) is 6.10 Å². The van der Waals surface area contributed by atoms with Gasteiger partial charge in [-0.05, 0) is 55.4 Å². The van der Waals surface area contributed by atoms with Gasteiger partial charge >= 0.3 is 0 Å². The highest BCUT2D eigenvalue weighted by molar-refractivity contribution is 6.30. The molecule has 1 saturated carbocycles. The lowest BCUT2D eigenvalue weighted by molar-refractivity contribution is -0.136. The lowest BCUT2D eigenvalue weighted by Crippen LogP contribution is -2.44. The van der Waals surface area contributed by atoms with Gasteiger partial charge in [-0.1, -0.05) is 30.9 Å². The van der Waals surface area contributed by atoms with Crippen LogP contribution in [0.25, 0.3) is 0 Å². The van der Waals surface area contributed by atoms with Crippen molar-refractivity contribution in [2.75, 3.05) is 19.7 Å². The van der Waals surface area contributed by atoms with Crippen LogP contribution in [0.15, 0.2) is 18.2 Å². The summed E-state index contributed by atoms with van der Waals surface area (Å²) in [6.45, 7) is 1.14. The first-order chi connectivity index (χ1) is 11.6. The summed E-state index contributed by atoms with van der Waals surface area (Å²) < 4.78 is 5.86.